The number of amides is 2. The monoisotopic (exact) mass is 508 g/mol. The van der Waals surface area contributed by atoms with Crippen LogP contribution in [0.1, 0.15) is 46.6 Å². The number of piperazine rings is 1. The summed E-state index contributed by atoms with van der Waals surface area (Å²) in [4.78, 5) is 31.2. The van der Waals surface area contributed by atoms with Gasteiger partial charge in [-0.2, -0.15) is 13.2 Å². The number of carbonyl (C=O) groups is 2. The lowest BCUT2D eigenvalue weighted by atomic mass is 9.93. The summed E-state index contributed by atoms with van der Waals surface area (Å²) in [6.07, 6.45) is -1.17. The average Bonchev–Trinajstić information content (AvgIpc) is 3.36. The van der Waals surface area contributed by atoms with Crippen molar-refractivity contribution in [1.82, 2.24) is 15.2 Å². The summed E-state index contributed by atoms with van der Waals surface area (Å²) in [6, 6.07) is 10.5. The molecule has 2 amide bonds. The van der Waals surface area contributed by atoms with E-state index in [9.17, 15) is 22.8 Å². The van der Waals surface area contributed by atoms with Gasteiger partial charge in [0, 0.05) is 48.3 Å². The van der Waals surface area contributed by atoms with Crippen LogP contribution >= 0.6 is 0 Å². The van der Waals surface area contributed by atoms with Crippen molar-refractivity contribution in [1.29, 1.82) is 0 Å². The maximum atomic E-state index is 13.4. The van der Waals surface area contributed by atoms with E-state index in [1.54, 1.807) is 36.5 Å². The third-order valence-corrected chi connectivity index (χ3v) is 6.87. The highest BCUT2D eigenvalue weighted by Gasteiger charge is 2.32. The van der Waals surface area contributed by atoms with E-state index in [4.69, 9.17) is 0 Å². The SMILES string of the molecule is Cc1c(C(=O)N2CC(C)NC(C)C2)c[nH]c1C=C1C(=O)Nc2cccc(-c3cccc(C(F)(F)F)c3)c21. The zero-order valence-corrected chi connectivity index (χ0v) is 20.7. The fraction of sp³-hybridized carbons (Fsp3) is 0.286. The van der Waals surface area contributed by atoms with E-state index in [0.717, 1.165) is 12.1 Å². The molecule has 6 nitrogen and oxygen atoms in total. The molecule has 2 aliphatic rings. The maximum Gasteiger partial charge on any atom is 0.416 e. The Morgan fingerprint density at radius 3 is 2.49 bits per heavy atom. The molecule has 3 aromatic rings. The van der Waals surface area contributed by atoms with Crippen LogP contribution in [0.25, 0.3) is 22.8 Å². The number of fused-ring (bicyclic) bond motifs is 1. The van der Waals surface area contributed by atoms with Gasteiger partial charge in [0.2, 0.25) is 0 Å². The number of carbonyl (C=O) groups excluding carboxylic acids is 2. The van der Waals surface area contributed by atoms with Crippen molar-refractivity contribution in [3.8, 4) is 11.1 Å². The van der Waals surface area contributed by atoms with Crippen molar-refractivity contribution in [2.75, 3.05) is 18.4 Å². The second-order valence-electron chi connectivity index (χ2n) is 9.74. The van der Waals surface area contributed by atoms with Crippen molar-refractivity contribution in [2.45, 2.75) is 39.0 Å². The molecule has 2 aliphatic heterocycles. The Bertz CT molecular complexity index is 1410. The summed E-state index contributed by atoms with van der Waals surface area (Å²) in [5, 5.41) is 6.22. The number of benzene rings is 2. The topological polar surface area (TPSA) is 77.2 Å². The fourth-order valence-corrected chi connectivity index (χ4v) is 5.18. The molecule has 0 saturated carbocycles. The minimum absolute atomic E-state index is 0.0838. The molecule has 3 heterocycles. The molecule has 1 fully saturated rings. The summed E-state index contributed by atoms with van der Waals surface area (Å²) < 4.78 is 40.1. The molecule has 0 spiro atoms. The highest BCUT2D eigenvalue weighted by atomic mass is 19.4. The van der Waals surface area contributed by atoms with Gasteiger partial charge in [-0.05, 0) is 61.7 Å². The lowest BCUT2D eigenvalue weighted by molar-refractivity contribution is -0.137. The summed E-state index contributed by atoms with van der Waals surface area (Å²) in [7, 11) is 0. The van der Waals surface area contributed by atoms with Gasteiger partial charge in [0.1, 0.15) is 0 Å². The van der Waals surface area contributed by atoms with E-state index < -0.39 is 11.7 Å². The van der Waals surface area contributed by atoms with Crippen LogP contribution in [0.5, 0.6) is 0 Å². The fourth-order valence-electron chi connectivity index (χ4n) is 5.18. The number of halogens is 3. The Balaban J connectivity index is 1.53. The second-order valence-corrected chi connectivity index (χ2v) is 9.74. The number of H-pyrrole nitrogens is 1. The first-order chi connectivity index (χ1) is 17.5. The van der Waals surface area contributed by atoms with Gasteiger partial charge in [-0.1, -0.05) is 24.3 Å². The van der Waals surface area contributed by atoms with Gasteiger partial charge in [0.15, 0.2) is 0 Å². The Hall–Kier alpha value is -3.85. The van der Waals surface area contributed by atoms with Gasteiger partial charge in [-0.3, -0.25) is 9.59 Å². The van der Waals surface area contributed by atoms with Crippen LogP contribution in [-0.4, -0.2) is 46.9 Å². The summed E-state index contributed by atoms with van der Waals surface area (Å²) in [5.74, 6) is -0.444. The molecule has 0 bridgehead atoms. The Kier molecular flexibility index (Phi) is 6.19. The first-order valence-electron chi connectivity index (χ1n) is 12.1. The number of nitrogens with zero attached hydrogens (tertiary/aromatic N) is 1. The number of hydrogen-bond donors (Lipinski definition) is 3. The van der Waals surface area contributed by atoms with Crippen molar-refractivity contribution in [2.24, 2.45) is 0 Å². The zero-order chi connectivity index (χ0) is 26.5. The van der Waals surface area contributed by atoms with Crippen LogP contribution in [0, 0.1) is 6.92 Å². The van der Waals surface area contributed by atoms with Crippen LogP contribution < -0.4 is 10.6 Å². The van der Waals surface area contributed by atoms with Gasteiger partial charge in [-0.25, -0.2) is 0 Å². The Morgan fingerprint density at radius 1 is 1.08 bits per heavy atom. The van der Waals surface area contributed by atoms with E-state index in [1.165, 1.54) is 6.07 Å². The lowest BCUT2D eigenvalue weighted by Gasteiger charge is -2.36. The van der Waals surface area contributed by atoms with Crippen molar-refractivity contribution < 1.29 is 22.8 Å². The standard InChI is InChI=1S/C28H27F3N4O2/c1-15-13-35(14-16(2)33-15)27(37)22-12-32-24(17(22)3)11-21-25-20(8-5-9-23(25)34-26(21)36)18-6-4-7-19(10-18)28(29,30)31/h4-12,15-16,32-33H,13-14H2,1-3H3,(H,34,36). The molecule has 192 valence electrons. The maximum absolute atomic E-state index is 13.4. The summed E-state index contributed by atoms with van der Waals surface area (Å²) >= 11 is 0. The molecule has 1 aromatic heterocycles. The average molecular weight is 509 g/mol. The molecule has 0 radical (unpaired) electrons. The minimum Gasteiger partial charge on any atom is -0.361 e. The number of anilines is 1. The van der Waals surface area contributed by atoms with Crippen LogP contribution in [0.4, 0.5) is 18.9 Å². The molecule has 2 atom stereocenters. The van der Waals surface area contributed by atoms with E-state index in [-0.39, 0.29) is 23.9 Å². The summed E-state index contributed by atoms with van der Waals surface area (Å²) in [5.41, 5.74) is 3.30. The van der Waals surface area contributed by atoms with E-state index in [2.05, 4.69) is 15.6 Å². The van der Waals surface area contributed by atoms with E-state index in [0.29, 0.717) is 57.9 Å². The molecule has 2 aromatic carbocycles. The molecule has 5 rings (SSSR count). The minimum atomic E-state index is -4.48. The van der Waals surface area contributed by atoms with Gasteiger partial charge in [0.05, 0.1) is 16.7 Å². The third-order valence-electron chi connectivity index (χ3n) is 6.87. The van der Waals surface area contributed by atoms with Gasteiger partial charge >= 0.3 is 6.18 Å². The van der Waals surface area contributed by atoms with Crippen LogP contribution in [0.3, 0.4) is 0 Å². The van der Waals surface area contributed by atoms with Crippen molar-refractivity contribution in [3.63, 3.8) is 0 Å². The van der Waals surface area contributed by atoms with Gasteiger partial charge < -0.3 is 20.5 Å². The Labute approximate surface area is 212 Å². The number of aromatic nitrogens is 1. The van der Waals surface area contributed by atoms with E-state index in [1.807, 2.05) is 25.7 Å². The third kappa shape index (κ3) is 4.67. The first kappa shape index (κ1) is 24.8. The molecular weight excluding hydrogens is 481 g/mol. The number of alkyl halides is 3. The van der Waals surface area contributed by atoms with Crippen LogP contribution in [0.2, 0.25) is 0 Å². The molecule has 1 saturated heterocycles. The molecule has 2 unspecified atom stereocenters. The predicted molar refractivity (Wildman–Crippen MR) is 137 cm³/mol. The Morgan fingerprint density at radius 2 is 1.78 bits per heavy atom. The highest BCUT2D eigenvalue weighted by molar-refractivity contribution is 6.36. The largest absolute Gasteiger partial charge is 0.416 e. The normalized spacial score (nSPS) is 20.8. The smallest absolute Gasteiger partial charge is 0.361 e. The van der Waals surface area contributed by atoms with Crippen molar-refractivity contribution >= 4 is 29.2 Å². The number of hydrogen-bond acceptors (Lipinski definition) is 3. The van der Waals surface area contributed by atoms with Crippen LogP contribution in [-0.2, 0) is 11.0 Å². The number of rotatable bonds is 3. The van der Waals surface area contributed by atoms with Crippen molar-refractivity contribution in [3.05, 3.63) is 76.6 Å². The molecule has 9 heteroatoms. The number of nitrogens with one attached hydrogen (secondary N) is 3. The molecular formula is C28H27F3N4O2. The highest BCUT2D eigenvalue weighted by Crippen LogP contribution is 2.42. The first-order valence-corrected chi connectivity index (χ1v) is 12.1. The molecule has 0 aliphatic carbocycles. The van der Waals surface area contributed by atoms with Crippen LogP contribution in [0.15, 0.2) is 48.7 Å². The number of aromatic amines is 1. The second kappa shape index (κ2) is 9.23. The summed E-state index contributed by atoms with van der Waals surface area (Å²) in [6.45, 7) is 7.08. The molecule has 37 heavy (non-hydrogen) atoms. The van der Waals surface area contributed by atoms with Gasteiger partial charge in [0.25, 0.3) is 11.8 Å². The van der Waals surface area contributed by atoms with Gasteiger partial charge in [-0.15, -0.1) is 0 Å². The lowest BCUT2D eigenvalue weighted by Crippen LogP contribution is -2.55. The zero-order valence-electron chi connectivity index (χ0n) is 20.7. The predicted octanol–water partition coefficient (Wildman–Crippen LogP) is 5.32. The molecule has 3 N–H and O–H groups in total. The quantitative estimate of drug-likeness (QED) is 0.419. The van der Waals surface area contributed by atoms with E-state index >= 15 is 0 Å².